The average molecular weight is 297 g/mol. The number of rotatable bonds is 5. The molecule has 1 aromatic rings. The molecular weight excluding hydrogens is 280 g/mol. The molecule has 0 saturated carbocycles. The highest BCUT2D eigenvalue weighted by Crippen LogP contribution is 2.28. The summed E-state index contributed by atoms with van der Waals surface area (Å²) in [4.78, 5) is 3.92. The van der Waals surface area contributed by atoms with Crippen molar-refractivity contribution < 1.29 is 8.42 Å². The zero-order valence-electron chi connectivity index (χ0n) is 10.4. The van der Waals surface area contributed by atoms with E-state index in [0.29, 0.717) is 5.69 Å². The number of thiazole rings is 1. The molecule has 0 bridgehead atoms. The van der Waals surface area contributed by atoms with Gasteiger partial charge in [0.05, 0.1) is 5.69 Å². The van der Waals surface area contributed by atoms with E-state index in [9.17, 15) is 8.42 Å². The Hall–Kier alpha value is -0.170. The minimum Gasteiger partial charge on any atom is -0.229 e. The van der Waals surface area contributed by atoms with Crippen LogP contribution in [0.15, 0.2) is 4.21 Å². The lowest BCUT2D eigenvalue weighted by Gasteiger charge is -2.27. The maximum atomic E-state index is 12.2. The van der Waals surface area contributed by atoms with Gasteiger partial charge in [-0.25, -0.2) is 18.1 Å². The number of hydrogen-bond donors (Lipinski definition) is 1. The molecule has 0 aliphatic rings. The summed E-state index contributed by atoms with van der Waals surface area (Å²) in [6.07, 6.45) is 1.46. The first-order chi connectivity index (χ1) is 7.74. The molecule has 17 heavy (non-hydrogen) atoms. The molecule has 1 N–H and O–H groups in total. The third kappa shape index (κ3) is 3.40. The fourth-order valence-corrected chi connectivity index (χ4v) is 4.65. The van der Waals surface area contributed by atoms with Gasteiger partial charge in [-0.3, -0.25) is 0 Å². The van der Waals surface area contributed by atoms with Gasteiger partial charge < -0.3 is 0 Å². The summed E-state index contributed by atoms with van der Waals surface area (Å²) < 4.78 is 27.6. The van der Waals surface area contributed by atoms with Gasteiger partial charge in [0, 0.05) is 5.54 Å². The lowest BCUT2D eigenvalue weighted by molar-refractivity contribution is 0.389. The second kappa shape index (κ2) is 5.22. The van der Waals surface area contributed by atoms with Crippen LogP contribution in [0.4, 0.5) is 0 Å². The molecule has 4 nitrogen and oxygen atoms in total. The predicted octanol–water partition coefficient (Wildman–Crippen LogP) is 2.96. The van der Waals surface area contributed by atoms with Crippen LogP contribution in [0.2, 0.25) is 4.47 Å². The van der Waals surface area contributed by atoms with Crippen molar-refractivity contribution in [3.05, 3.63) is 10.2 Å². The fourth-order valence-electron chi connectivity index (χ4n) is 1.37. The first kappa shape index (κ1) is 14.9. The average Bonchev–Trinajstić information content (AvgIpc) is 2.58. The van der Waals surface area contributed by atoms with Crippen LogP contribution in [-0.2, 0) is 10.0 Å². The second-order valence-corrected chi connectivity index (χ2v) is 7.67. The molecule has 0 aromatic carbocycles. The van der Waals surface area contributed by atoms with Crippen molar-refractivity contribution in [3.8, 4) is 0 Å². The van der Waals surface area contributed by atoms with Gasteiger partial charge in [0.2, 0.25) is 0 Å². The van der Waals surface area contributed by atoms with Crippen molar-refractivity contribution >= 4 is 33.0 Å². The Bertz CT molecular complexity index is 492. The molecule has 1 aromatic heterocycles. The molecule has 1 heterocycles. The van der Waals surface area contributed by atoms with Gasteiger partial charge in [0.25, 0.3) is 10.0 Å². The van der Waals surface area contributed by atoms with Gasteiger partial charge in [0.1, 0.15) is 0 Å². The monoisotopic (exact) mass is 296 g/mol. The Labute approximate surface area is 111 Å². The van der Waals surface area contributed by atoms with Gasteiger partial charge in [-0.05, 0) is 26.7 Å². The van der Waals surface area contributed by atoms with E-state index in [1.165, 1.54) is 0 Å². The molecule has 0 fully saturated rings. The maximum absolute atomic E-state index is 12.2. The summed E-state index contributed by atoms with van der Waals surface area (Å²) in [7, 11) is -3.53. The lowest BCUT2D eigenvalue weighted by atomic mass is 9.98. The Balaban J connectivity index is 3.09. The molecule has 0 amide bonds. The Kier molecular flexibility index (Phi) is 4.57. The molecule has 0 atom stereocenters. The summed E-state index contributed by atoms with van der Waals surface area (Å²) in [5.41, 5.74) is 0.0175. The van der Waals surface area contributed by atoms with Gasteiger partial charge in [-0.2, -0.15) is 0 Å². The van der Waals surface area contributed by atoms with E-state index in [-0.39, 0.29) is 8.68 Å². The number of nitrogens with one attached hydrogen (secondary N) is 1. The predicted molar refractivity (Wildman–Crippen MR) is 71.2 cm³/mol. The van der Waals surface area contributed by atoms with Crippen molar-refractivity contribution in [2.24, 2.45) is 0 Å². The third-order valence-electron chi connectivity index (χ3n) is 2.91. The van der Waals surface area contributed by atoms with E-state index >= 15 is 0 Å². The lowest BCUT2D eigenvalue weighted by Crippen LogP contribution is -2.44. The van der Waals surface area contributed by atoms with E-state index in [0.717, 1.165) is 24.2 Å². The van der Waals surface area contributed by atoms with Crippen LogP contribution in [0.3, 0.4) is 0 Å². The third-order valence-corrected chi connectivity index (χ3v) is 6.42. The van der Waals surface area contributed by atoms with E-state index in [2.05, 4.69) is 9.71 Å². The zero-order chi connectivity index (χ0) is 13.3. The minimum absolute atomic E-state index is 0.204. The zero-order valence-corrected chi connectivity index (χ0v) is 12.8. The largest absolute Gasteiger partial charge is 0.252 e. The van der Waals surface area contributed by atoms with Gasteiger partial charge >= 0.3 is 0 Å². The van der Waals surface area contributed by atoms with Crippen LogP contribution in [0.1, 0.15) is 39.3 Å². The van der Waals surface area contributed by atoms with Crippen LogP contribution in [0, 0.1) is 6.92 Å². The van der Waals surface area contributed by atoms with Crippen molar-refractivity contribution in [3.63, 3.8) is 0 Å². The minimum atomic E-state index is -3.53. The number of aryl methyl sites for hydroxylation is 1. The number of nitrogens with zero attached hydrogens (tertiary/aromatic N) is 1. The fraction of sp³-hybridized carbons (Fsp3) is 0.700. The molecule has 98 valence electrons. The number of hydrogen-bond acceptors (Lipinski definition) is 4. The molecule has 0 aliphatic heterocycles. The Morgan fingerprint density at radius 1 is 1.41 bits per heavy atom. The first-order valence-corrected chi connectivity index (χ1v) is 8.08. The van der Waals surface area contributed by atoms with Crippen LogP contribution >= 0.6 is 22.9 Å². The molecule has 0 unspecified atom stereocenters. The van der Waals surface area contributed by atoms with Crippen molar-refractivity contribution in [1.82, 2.24) is 9.71 Å². The van der Waals surface area contributed by atoms with Crippen molar-refractivity contribution in [1.29, 1.82) is 0 Å². The molecular formula is C10H17ClN2O2S2. The number of aromatic nitrogens is 1. The summed E-state index contributed by atoms with van der Waals surface area (Å²) in [6.45, 7) is 7.45. The molecule has 7 heteroatoms. The van der Waals surface area contributed by atoms with Crippen molar-refractivity contribution in [2.45, 2.75) is 50.3 Å². The smallest absolute Gasteiger partial charge is 0.229 e. The van der Waals surface area contributed by atoms with Gasteiger partial charge in [-0.1, -0.05) is 36.8 Å². The van der Waals surface area contributed by atoms with Crippen LogP contribution in [0.25, 0.3) is 0 Å². The molecule has 0 radical (unpaired) electrons. The van der Waals surface area contributed by atoms with Crippen LogP contribution in [0.5, 0.6) is 0 Å². The van der Waals surface area contributed by atoms with E-state index in [1.54, 1.807) is 6.92 Å². The Morgan fingerprint density at radius 2 is 1.94 bits per heavy atom. The van der Waals surface area contributed by atoms with E-state index in [1.807, 2.05) is 20.8 Å². The topological polar surface area (TPSA) is 59.1 Å². The van der Waals surface area contributed by atoms with E-state index in [4.69, 9.17) is 11.6 Å². The number of sulfonamides is 1. The van der Waals surface area contributed by atoms with Crippen molar-refractivity contribution in [2.75, 3.05) is 0 Å². The van der Waals surface area contributed by atoms with Gasteiger partial charge in [0.15, 0.2) is 8.68 Å². The highest BCUT2D eigenvalue weighted by atomic mass is 35.5. The van der Waals surface area contributed by atoms with Crippen LogP contribution < -0.4 is 4.72 Å². The maximum Gasteiger partial charge on any atom is 0.252 e. The highest BCUT2D eigenvalue weighted by Gasteiger charge is 2.30. The summed E-state index contributed by atoms with van der Waals surface area (Å²) in [5.74, 6) is 0. The SMILES string of the molecule is CCC(C)(CC)NS(=O)(=O)c1sc(Cl)nc1C. The Morgan fingerprint density at radius 3 is 2.29 bits per heavy atom. The summed E-state index contributed by atoms with van der Waals surface area (Å²) >= 11 is 6.71. The normalized spacial score (nSPS) is 13.0. The molecule has 0 spiro atoms. The highest BCUT2D eigenvalue weighted by molar-refractivity contribution is 7.91. The summed E-state index contributed by atoms with van der Waals surface area (Å²) in [6, 6.07) is 0. The molecule has 0 saturated heterocycles. The quantitative estimate of drug-likeness (QED) is 0.909. The first-order valence-electron chi connectivity index (χ1n) is 5.41. The van der Waals surface area contributed by atoms with Crippen LogP contribution in [-0.4, -0.2) is 18.9 Å². The van der Waals surface area contributed by atoms with E-state index < -0.39 is 15.6 Å². The summed E-state index contributed by atoms with van der Waals surface area (Å²) in [5, 5.41) is 0. The standard InChI is InChI=1S/C10H17ClN2O2S2/c1-5-10(4,6-2)13-17(14,15)8-7(3)12-9(11)16-8/h13H,5-6H2,1-4H3. The van der Waals surface area contributed by atoms with Gasteiger partial charge in [-0.15, -0.1) is 0 Å². The molecule has 0 aliphatic carbocycles. The second-order valence-electron chi connectivity index (χ2n) is 4.21. The molecule has 1 rings (SSSR count). The number of halogens is 1.